The van der Waals surface area contributed by atoms with Crippen LogP contribution in [0.25, 0.3) is 0 Å². The molecule has 1 aliphatic heterocycles. The summed E-state index contributed by atoms with van der Waals surface area (Å²) in [6, 6.07) is -0.978. The highest BCUT2D eigenvalue weighted by Gasteiger charge is 2.44. The molecule has 6 N–H and O–H groups in total. The monoisotopic (exact) mass is 571 g/mol. The number of amides is 1. The van der Waals surface area contributed by atoms with Crippen molar-refractivity contribution in [1.82, 2.24) is 5.32 Å². The van der Waals surface area contributed by atoms with Crippen molar-refractivity contribution in [1.29, 1.82) is 0 Å². The molecule has 9 nitrogen and oxygen atoms in total. The minimum absolute atomic E-state index is 0.321. The summed E-state index contributed by atoms with van der Waals surface area (Å²) in [5.41, 5.74) is 0. The van der Waals surface area contributed by atoms with E-state index in [9.17, 15) is 30.3 Å². The van der Waals surface area contributed by atoms with Gasteiger partial charge in [0.05, 0.1) is 25.4 Å². The van der Waals surface area contributed by atoms with Crippen LogP contribution in [0.3, 0.4) is 0 Å². The zero-order valence-electron chi connectivity index (χ0n) is 21.9. The first-order chi connectivity index (χ1) is 17.7. The second kappa shape index (κ2) is 20.4. The van der Waals surface area contributed by atoms with Crippen LogP contribution in [0.2, 0.25) is 0 Å². The Bertz CT molecular complexity index is 625. The van der Waals surface area contributed by atoms with Gasteiger partial charge >= 0.3 is 0 Å². The lowest BCUT2D eigenvalue weighted by Crippen LogP contribution is -2.60. The van der Waals surface area contributed by atoms with Crippen molar-refractivity contribution in [2.24, 2.45) is 0 Å². The quantitative estimate of drug-likeness (QED) is 0.0741. The molecule has 0 aromatic heterocycles. The lowest BCUT2D eigenvalue weighted by molar-refractivity contribution is -0.302. The fourth-order valence-corrected chi connectivity index (χ4v) is 4.30. The molecule has 11 heteroatoms. The van der Waals surface area contributed by atoms with Crippen molar-refractivity contribution in [3.05, 3.63) is 12.2 Å². The maximum absolute atomic E-state index is 12.0. The predicted molar refractivity (Wildman–Crippen MR) is 143 cm³/mol. The number of allylic oxidation sites excluding steroid dienone is 1. The number of aliphatic hydroxyl groups is 5. The van der Waals surface area contributed by atoms with Crippen LogP contribution in [0, 0.1) is 0 Å². The maximum atomic E-state index is 12.0. The van der Waals surface area contributed by atoms with Crippen LogP contribution in [-0.4, -0.2) is 92.3 Å². The van der Waals surface area contributed by atoms with Gasteiger partial charge in [-0.05, 0) is 12.8 Å². The summed E-state index contributed by atoms with van der Waals surface area (Å²) in [5, 5.41) is 52.3. The van der Waals surface area contributed by atoms with Crippen molar-refractivity contribution in [2.45, 2.75) is 132 Å². The van der Waals surface area contributed by atoms with Gasteiger partial charge in [0.2, 0.25) is 0 Å². The van der Waals surface area contributed by atoms with Gasteiger partial charge in [0.15, 0.2) is 11.1 Å². The molecule has 3 unspecified atom stereocenters. The Hall–Kier alpha value is -0.490. The molecular weight excluding hydrogens is 525 g/mol. The van der Waals surface area contributed by atoms with E-state index in [-0.39, 0.29) is 6.61 Å². The van der Waals surface area contributed by atoms with E-state index < -0.39 is 60.2 Å². The van der Waals surface area contributed by atoms with Crippen LogP contribution < -0.4 is 5.32 Å². The molecule has 0 radical (unpaired) electrons. The van der Waals surface area contributed by atoms with Gasteiger partial charge < -0.3 is 40.3 Å². The Morgan fingerprint density at radius 1 is 0.946 bits per heavy atom. The molecule has 0 aliphatic carbocycles. The third-order valence-electron chi connectivity index (χ3n) is 6.53. The van der Waals surface area contributed by atoms with Gasteiger partial charge in [-0.25, -0.2) is 0 Å². The number of hydrogen-bond acceptors (Lipinski definition) is 8. The molecule has 218 valence electrons. The first-order valence-electron chi connectivity index (χ1n) is 13.6. The summed E-state index contributed by atoms with van der Waals surface area (Å²) in [5.74, 6) is -0.733. The second-order valence-corrected chi connectivity index (χ2v) is 10.8. The lowest BCUT2D eigenvalue weighted by atomic mass is 9.99. The minimum atomic E-state index is -1.60. The van der Waals surface area contributed by atoms with E-state index in [4.69, 9.17) is 32.7 Å². The van der Waals surface area contributed by atoms with Crippen molar-refractivity contribution in [2.75, 3.05) is 13.2 Å². The molecule has 1 amide bonds. The van der Waals surface area contributed by atoms with Gasteiger partial charge in [0, 0.05) is 0 Å². The highest BCUT2D eigenvalue weighted by Crippen LogP contribution is 2.22. The summed E-state index contributed by atoms with van der Waals surface area (Å²) in [7, 11) is 0. The standard InChI is InChI=1S/C26H47Cl2NO8/c1-2-3-4-5-6-7-8-9-10-11-12-13-14-15-19(31)18(29-25(35)24(27)28)17-36-26-23(34)22(33)21(32)20(16-30)37-26/h14-15,18-24,26,30-34H,2-13,16-17H2,1H3,(H,29,35)/t18?,19?,20-,21-,22+,23-,26?/m1/s1. The molecule has 37 heavy (non-hydrogen) atoms. The van der Waals surface area contributed by atoms with Gasteiger partial charge in [0.1, 0.15) is 24.4 Å². The van der Waals surface area contributed by atoms with Crippen LogP contribution in [-0.2, 0) is 14.3 Å². The summed E-state index contributed by atoms with van der Waals surface area (Å²) >= 11 is 11.2. The molecule has 0 bridgehead atoms. The smallest absolute Gasteiger partial charge is 0.253 e. The number of unbranched alkanes of at least 4 members (excludes halogenated alkanes) is 11. The predicted octanol–water partition coefficient (Wildman–Crippen LogP) is 2.71. The van der Waals surface area contributed by atoms with E-state index in [1.54, 1.807) is 6.08 Å². The van der Waals surface area contributed by atoms with Crippen molar-refractivity contribution < 1.29 is 39.8 Å². The summed E-state index contributed by atoms with van der Waals surface area (Å²) in [6.07, 6.45) is 9.48. The van der Waals surface area contributed by atoms with Crippen LogP contribution >= 0.6 is 23.2 Å². The zero-order valence-corrected chi connectivity index (χ0v) is 23.4. The largest absolute Gasteiger partial charge is 0.394 e. The Morgan fingerprint density at radius 2 is 1.51 bits per heavy atom. The van der Waals surface area contributed by atoms with Crippen molar-refractivity contribution in [3.63, 3.8) is 0 Å². The van der Waals surface area contributed by atoms with Crippen molar-refractivity contribution in [3.8, 4) is 0 Å². The second-order valence-electron chi connectivity index (χ2n) is 9.69. The Morgan fingerprint density at radius 3 is 2.05 bits per heavy atom. The van der Waals surface area contributed by atoms with Gasteiger partial charge in [-0.3, -0.25) is 4.79 Å². The van der Waals surface area contributed by atoms with E-state index in [0.29, 0.717) is 0 Å². The van der Waals surface area contributed by atoms with Gasteiger partial charge in [-0.15, -0.1) is 0 Å². The van der Waals surface area contributed by atoms with Crippen LogP contribution in [0.1, 0.15) is 84.0 Å². The van der Waals surface area contributed by atoms with E-state index in [1.807, 2.05) is 6.08 Å². The number of rotatable bonds is 20. The van der Waals surface area contributed by atoms with E-state index in [0.717, 1.165) is 19.3 Å². The van der Waals surface area contributed by atoms with Crippen LogP contribution in [0.15, 0.2) is 12.2 Å². The zero-order chi connectivity index (χ0) is 27.6. The summed E-state index contributed by atoms with van der Waals surface area (Å²) in [6.45, 7) is 1.31. The normalized spacial score (nSPS) is 26.0. The molecule has 0 spiro atoms. The molecular formula is C26H47Cl2NO8. The van der Waals surface area contributed by atoms with Crippen LogP contribution in [0.5, 0.6) is 0 Å². The van der Waals surface area contributed by atoms with E-state index >= 15 is 0 Å². The van der Waals surface area contributed by atoms with Crippen LogP contribution in [0.4, 0.5) is 0 Å². The number of halogens is 2. The number of hydrogen-bond donors (Lipinski definition) is 6. The first-order valence-corrected chi connectivity index (χ1v) is 14.5. The number of alkyl halides is 2. The topological polar surface area (TPSA) is 149 Å². The third-order valence-corrected chi connectivity index (χ3v) is 6.93. The number of carbonyl (C=O) groups excluding carboxylic acids is 1. The maximum Gasteiger partial charge on any atom is 0.253 e. The molecule has 0 aromatic carbocycles. The third kappa shape index (κ3) is 13.9. The summed E-state index contributed by atoms with van der Waals surface area (Å²) in [4.78, 5) is 10.6. The van der Waals surface area contributed by atoms with Gasteiger partial charge in [-0.1, -0.05) is 106 Å². The highest BCUT2D eigenvalue weighted by atomic mass is 35.5. The molecule has 0 saturated carbocycles. The molecule has 1 fully saturated rings. The molecule has 1 heterocycles. The average molecular weight is 573 g/mol. The lowest BCUT2D eigenvalue weighted by Gasteiger charge is -2.40. The molecule has 7 atom stereocenters. The van der Waals surface area contributed by atoms with E-state index in [1.165, 1.54) is 57.8 Å². The minimum Gasteiger partial charge on any atom is -0.394 e. The van der Waals surface area contributed by atoms with Crippen molar-refractivity contribution >= 4 is 29.1 Å². The number of ether oxygens (including phenoxy) is 2. The molecule has 0 aromatic rings. The SMILES string of the molecule is CCCCCCCCCCCCCC=CC(O)C(COC1O[C@H](CO)[C@@H](O)[C@H](O)[C@H]1O)NC(=O)C(Cl)Cl. The molecule has 1 rings (SSSR count). The molecule has 1 saturated heterocycles. The number of carbonyl (C=O) groups is 1. The van der Waals surface area contributed by atoms with E-state index in [2.05, 4.69) is 12.2 Å². The fourth-order valence-electron chi connectivity index (χ4n) is 4.17. The van der Waals surface area contributed by atoms with Gasteiger partial charge in [-0.2, -0.15) is 0 Å². The highest BCUT2D eigenvalue weighted by molar-refractivity contribution is 6.53. The fraction of sp³-hybridized carbons (Fsp3) is 0.885. The Kier molecular flexibility index (Phi) is 19.1. The van der Waals surface area contributed by atoms with Gasteiger partial charge in [0.25, 0.3) is 5.91 Å². The molecule has 1 aliphatic rings. The first kappa shape index (κ1) is 34.5. The average Bonchev–Trinajstić information content (AvgIpc) is 2.88. The number of nitrogens with one attached hydrogen (secondary N) is 1. The number of aliphatic hydroxyl groups excluding tert-OH is 5. The summed E-state index contributed by atoms with van der Waals surface area (Å²) < 4.78 is 10.8. The Labute approximate surface area is 231 Å². The Balaban J connectivity index is 2.43.